The lowest BCUT2D eigenvalue weighted by atomic mass is 9.66. The van der Waals surface area contributed by atoms with E-state index in [-0.39, 0.29) is 11.4 Å². The Morgan fingerprint density at radius 3 is 2.50 bits per heavy atom. The molecule has 0 aromatic carbocycles. The molecule has 3 amide bonds. The van der Waals surface area contributed by atoms with Gasteiger partial charge in [-0.1, -0.05) is 19.3 Å². The van der Waals surface area contributed by atoms with Crippen LogP contribution in [0.4, 0.5) is 4.79 Å². The average molecular weight is 366 g/mol. The molecule has 2 aliphatic heterocycles. The zero-order chi connectivity index (χ0) is 18.4. The number of ether oxygens (including phenoxy) is 1. The molecule has 3 fully saturated rings. The lowest BCUT2D eigenvalue weighted by Gasteiger charge is -2.38. The van der Waals surface area contributed by atoms with E-state index in [0.29, 0.717) is 31.4 Å². The van der Waals surface area contributed by atoms with E-state index in [9.17, 15) is 9.59 Å². The van der Waals surface area contributed by atoms with Crippen LogP contribution in [0.2, 0.25) is 0 Å². The maximum absolute atomic E-state index is 12.5. The van der Waals surface area contributed by atoms with Gasteiger partial charge in [0.2, 0.25) is 5.91 Å². The van der Waals surface area contributed by atoms with Crippen molar-refractivity contribution < 1.29 is 14.3 Å². The number of carbonyl (C=O) groups excluding carboxylic acids is 2. The summed E-state index contributed by atoms with van der Waals surface area (Å²) in [6, 6.07) is 0.0281. The van der Waals surface area contributed by atoms with Crippen LogP contribution in [0.3, 0.4) is 0 Å². The molecule has 0 aromatic rings. The molecule has 26 heavy (non-hydrogen) atoms. The number of hydrogen-bond acceptors (Lipinski definition) is 3. The minimum atomic E-state index is 0.0281. The molecule has 1 spiro atoms. The van der Waals surface area contributed by atoms with Crippen molar-refractivity contribution in [2.24, 2.45) is 11.3 Å². The minimum absolute atomic E-state index is 0.0281. The summed E-state index contributed by atoms with van der Waals surface area (Å²) in [7, 11) is 1.65. The Labute approximate surface area is 157 Å². The monoisotopic (exact) mass is 365 g/mol. The number of nitrogens with zero attached hydrogens (tertiary/aromatic N) is 2. The third-order valence-corrected chi connectivity index (χ3v) is 6.70. The van der Waals surface area contributed by atoms with Crippen molar-refractivity contribution in [3.05, 3.63) is 0 Å². The fraction of sp³-hybridized carbons (Fsp3) is 0.900. The summed E-state index contributed by atoms with van der Waals surface area (Å²) in [6.45, 7) is 4.61. The van der Waals surface area contributed by atoms with Crippen molar-refractivity contribution in [1.29, 1.82) is 0 Å². The largest absolute Gasteiger partial charge is 0.383 e. The molecule has 2 saturated heterocycles. The number of hydrogen-bond donors (Lipinski definition) is 1. The standard InChI is InChI=1S/C20H35N3O3/c1-26-14-11-21-19(25)23-15-17(20(16-23)9-3-2-4-10-20)7-8-18(24)22-12-5-6-13-22/h17H,2-16H2,1H3,(H,21,25). The number of nitrogens with one attached hydrogen (secondary N) is 1. The van der Waals surface area contributed by atoms with Crippen molar-refractivity contribution in [3.63, 3.8) is 0 Å². The lowest BCUT2D eigenvalue weighted by Crippen LogP contribution is -2.41. The van der Waals surface area contributed by atoms with Crippen LogP contribution < -0.4 is 5.32 Å². The SMILES string of the molecule is COCCNC(=O)N1CC(CCC(=O)N2CCCC2)C2(CCCCC2)C1. The van der Waals surface area contributed by atoms with Gasteiger partial charge in [-0.05, 0) is 43.4 Å². The quantitative estimate of drug-likeness (QED) is 0.736. The van der Waals surface area contributed by atoms with E-state index < -0.39 is 0 Å². The number of amides is 3. The molecule has 1 unspecified atom stereocenters. The first-order valence-electron chi connectivity index (χ1n) is 10.4. The van der Waals surface area contributed by atoms with Gasteiger partial charge in [0.1, 0.15) is 0 Å². The van der Waals surface area contributed by atoms with Crippen LogP contribution in [-0.4, -0.2) is 68.2 Å². The van der Waals surface area contributed by atoms with E-state index in [0.717, 1.165) is 45.4 Å². The van der Waals surface area contributed by atoms with E-state index in [2.05, 4.69) is 5.32 Å². The maximum Gasteiger partial charge on any atom is 0.317 e. The Bertz CT molecular complexity index is 485. The minimum Gasteiger partial charge on any atom is -0.383 e. The van der Waals surface area contributed by atoms with Crippen LogP contribution >= 0.6 is 0 Å². The first-order chi connectivity index (χ1) is 12.6. The Hall–Kier alpha value is -1.30. The van der Waals surface area contributed by atoms with Gasteiger partial charge in [-0.25, -0.2) is 4.79 Å². The third-order valence-electron chi connectivity index (χ3n) is 6.70. The second kappa shape index (κ2) is 9.07. The highest BCUT2D eigenvalue weighted by Gasteiger charge is 2.47. The molecular formula is C20H35N3O3. The van der Waals surface area contributed by atoms with E-state index in [4.69, 9.17) is 4.74 Å². The van der Waals surface area contributed by atoms with Crippen molar-refractivity contribution in [2.75, 3.05) is 46.4 Å². The summed E-state index contributed by atoms with van der Waals surface area (Å²) >= 11 is 0. The zero-order valence-corrected chi connectivity index (χ0v) is 16.3. The van der Waals surface area contributed by atoms with Gasteiger partial charge in [-0.2, -0.15) is 0 Å². The summed E-state index contributed by atoms with van der Waals surface area (Å²) in [5, 5.41) is 2.96. The highest BCUT2D eigenvalue weighted by atomic mass is 16.5. The molecule has 2 heterocycles. The topological polar surface area (TPSA) is 61.9 Å². The van der Waals surface area contributed by atoms with Gasteiger partial charge in [0.05, 0.1) is 6.61 Å². The van der Waals surface area contributed by atoms with Crippen LogP contribution in [0.15, 0.2) is 0 Å². The predicted molar refractivity (Wildman–Crippen MR) is 101 cm³/mol. The van der Waals surface area contributed by atoms with Crippen molar-refractivity contribution in [1.82, 2.24) is 15.1 Å². The molecule has 3 aliphatic rings. The average Bonchev–Trinajstić information content (AvgIpc) is 3.30. The van der Waals surface area contributed by atoms with Gasteiger partial charge in [-0.3, -0.25) is 4.79 Å². The van der Waals surface area contributed by atoms with Gasteiger partial charge in [0.25, 0.3) is 0 Å². The Morgan fingerprint density at radius 1 is 1.08 bits per heavy atom. The third kappa shape index (κ3) is 4.51. The van der Waals surface area contributed by atoms with Crippen LogP contribution in [0, 0.1) is 11.3 Å². The number of urea groups is 1. The summed E-state index contributed by atoms with van der Waals surface area (Å²) in [6.07, 6.45) is 10.1. The van der Waals surface area contributed by atoms with Gasteiger partial charge in [0, 0.05) is 46.3 Å². The molecule has 3 rings (SSSR count). The number of carbonyl (C=O) groups is 2. The fourth-order valence-corrected chi connectivity index (χ4v) is 5.20. The maximum atomic E-state index is 12.5. The first-order valence-corrected chi connectivity index (χ1v) is 10.4. The van der Waals surface area contributed by atoms with E-state index in [1.807, 2.05) is 9.80 Å². The molecule has 6 heteroatoms. The normalized spacial score (nSPS) is 25.0. The second-order valence-corrected chi connectivity index (χ2v) is 8.35. The van der Waals surface area contributed by atoms with Gasteiger partial charge in [-0.15, -0.1) is 0 Å². The molecule has 6 nitrogen and oxygen atoms in total. The predicted octanol–water partition coefficient (Wildman–Crippen LogP) is 2.63. The van der Waals surface area contributed by atoms with Crippen molar-refractivity contribution in [2.45, 2.75) is 57.8 Å². The zero-order valence-electron chi connectivity index (χ0n) is 16.3. The van der Waals surface area contributed by atoms with Crippen LogP contribution in [0.25, 0.3) is 0 Å². The molecule has 1 saturated carbocycles. The van der Waals surface area contributed by atoms with Crippen LogP contribution in [0.1, 0.15) is 57.8 Å². The van der Waals surface area contributed by atoms with Gasteiger partial charge in [0.15, 0.2) is 0 Å². The second-order valence-electron chi connectivity index (χ2n) is 8.35. The van der Waals surface area contributed by atoms with E-state index >= 15 is 0 Å². The molecule has 1 atom stereocenters. The highest BCUT2D eigenvalue weighted by molar-refractivity contribution is 5.76. The van der Waals surface area contributed by atoms with Crippen LogP contribution in [-0.2, 0) is 9.53 Å². The van der Waals surface area contributed by atoms with Crippen molar-refractivity contribution in [3.8, 4) is 0 Å². The summed E-state index contributed by atoms with van der Waals surface area (Å²) < 4.78 is 5.02. The van der Waals surface area contributed by atoms with Gasteiger partial charge < -0.3 is 19.9 Å². The number of likely N-dealkylation sites (tertiary alicyclic amines) is 2. The first kappa shape index (κ1) is 19.5. The van der Waals surface area contributed by atoms with Gasteiger partial charge >= 0.3 is 6.03 Å². The molecule has 0 aromatic heterocycles. The molecule has 0 bridgehead atoms. The number of methoxy groups -OCH3 is 1. The summed E-state index contributed by atoms with van der Waals surface area (Å²) in [5.74, 6) is 0.777. The van der Waals surface area contributed by atoms with E-state index in [1.54, 1.807) is 7.11 Å². The molecule has 1 N–H and O–H groups in total. The Kier molecular flexibility index (Phi) is 6.79. The smallest absolute Gasteiger partial charge is 0.317 e. The van der Waals surface area contributed by atoms with Crippen LogP contribution in [0.5, 0.6) is 0 Å². The fourth-order valence-electron chi connectivity index (χ4n) is 5.20. The molecular weight excluding hydrogens is 330 g/mol. The molecule has 0 radical (unpaired) electrons. The Morgan fingerprint density at radius 2 is 1.81 bits per heavy atom. The summed E-state index contributed by atoms with van der Waals surface area (Å²) in [4.78, 5) is 29.0. The van der Waals surface area contributed by atoms with Crippen molar-refractivity contribution >= 4 is 11.9 Å². The number of rotatable bonds is 6. The molecule has 1 aliphatic carbocycles. The Balaban J connectivity index is 1.57. The molecule has 148 valence electrons. The summed E-state index contributed by atoms with van der Waals surface area (Å²) in [5.41, 5.74) is 0.238. The highest BCUT2D eigenvalue weighted by Crippen LogP contribution is 2.49. The van der Waals surface area contributed by atoms with E-state index in [1.165, 1.54) is 32.1 Å². The lowest BCUT2D eigenvalue weighted by molar-refractivity contribution is -0.130.